The second-order valence-corrected chi connectivity index (χ2v) is 32.6. The van der Waals surface area contributed by atoms with Crippen LogP contribution in [0, 0.1) is 0 Å². The molecule has 0 nitrogen and oxygen atoms in total. The molecule has 22 aromatic rings. The molecule has 532 valence electrons. The molecule has 2 aliphatic rings. The van der Waals surface area contributed by atoms with Crippen molar-refractivity contribution in [1.29, 1.82) is 0 Å². The largest absolute Gasteiger partial charge is 0.0616 e. The molecular weight excluding hydrogens is 1370 g/mol. The van der Waals surface area contributed by atoms with E-state index in [0.717, 1.165) is 0 Å². The van der Waals surface area contributed by atoms with Gasteiger partial charge in [0.25, 0.3) is 0 Å². The molecule has 0 bridgehead atoms. The lowest BCUT2D eigenvalue weighted by atomic mass is 9.76. The molecule has 0 N–H and O–H groups in total. The molecule has 24 rings (SSSR count). The van der Waals surface area contributed by atoms with Gasteiger partial charge in [0.05, 0.1) is 0 Å². The van der Waals surface area contributed by atoms with Crippen LogP contribution in [0.5, 0.6) is 0 Å². The fourth-order valence-electron chi connectivity index (χ4n) is 21.3. The van der Waals surface area contributed by atoms with Crippen LogP contribution in [0.1, 0.15) is 49.9 Å². The number of hydrogen-bond donors (Lipinski definition) is 0. The Balaban J connectivity index is 0.000000135. The highest BCUT2D eigenvalue weighted by Gasteiger charge is 2.42. The Hall–Kier alpha value is -14.0. The van der Waals surface area contributed by atoms with Gasteiger partial charge in [0.1, 0.15) is 0 Å². The highest BCUT2D eigenvalue weighted by Crippen LogP contribution is 2.60. The Morgan fingerprint density at radius 2 is 0.386 bits per heavy atom. The molecule has 0 saturated carbocycles. The predicted molar refractivity (Wildman–Crippen MR) is 491 cm³/mol. The van der Waals surface area contributed by atoms with Crippen molar-refractivity contribution in [1.82, 2.24) is 0 Å². The van der Waals surface area contributed by atoms with Crippen LogP contribution in [0.3, 0.4) is 0 Å². The topological polar surface area (TPSA) is 0 Å². The van der Waals surface area contributed by atoms with Crippen LogP contribution in [-0.2, 0) is 10.8 Å². The summed E-state index contributed by atoms with van der Waals surface area (Å²) < 4.78 is 0. The maximum Gasteiger partial charge on any atom is 0.0171 e. The minimum Gasteiger partial charge on any atom is -0.0616 e. The zero-order valence-electron chi connectivity index (χ0n) is 64.0. The lowest BCUT2D eigenvalue weighted by Gasteiger charge is -2.26. The summed E-state index contributed by atoms with van der Waals surface area (Å²) in [6.07, 6.45) is 0. The van der Waals surface area contributed by atoms with Crippen LogP contribution in [0.15, 0.2) is 388 Å². The zero-order chi connectivity index (χ0) is 75.7. The fraction of sp³-hybridized carbons (Fsp3) is 0.0526. The van der Waals surface area contributed by atoms with Gasteiger partial charge in [-0.1, -0.05) is 398 Å². The van der Waals surface area contributed by atoms with Gasteiger partial charge in [-0.15, -0.1) is 0 Å². The number of benzene rings is 22. The van der Waals surface area contributed by atoms with E-state index in [1.165, 1.54) is 241 Å². The summed E-state index contributed by atoms with van der Waals surface area (Å²) in [6.45, 7) is 9.73. The second kappa shape index (κ2) is 25.2. The van der Waals surface area contributed by atoms with Gasteiger partial charge >= 0.3 is 0 Å². The highest BCUT2D eigenvalue weighted by atomic mass is 14.4. The van der Waals surface area contributed by atoms with Crippen LogP contribution >= 0.6 is 0 Å². The summed E-state index contributed by atoms with van der Waals surface area (Å²) in [5.74, 6) is 0. The summed E-state index contributed by atoms with van der Waals surface area (Å²) in [4.78, 5) is 0. The molecule has 0 saturated heterocycles. The molecule has 2 aliphatic carbocycles. The first-order valence-electron chi connectivity index (χ1n) is 40.2. The van der Waals surface area contributed by atoms with E-state index in [1.807, 2.05) is 0 Å². The summed E-state index contributed by atoms with van der Waals surface area (Å²) >= 11 is 0. The van der Waals surface area contributed by atoms with Crippen LogP contribution in [0.4, 0.5) is 0 Å². The van der Waals surface area contributed by atoms with E-state index in [1.54, 1.807) is 0 Å². The molecule has 0 amide bonds. The Morgan fingerprint density at radius 3 is 0.807 bits per heavy atom. The van der Waals surface area contributed by atoms with E-state index < -0.39 is 0 Å². The first kappa shape index (κ1) is 65.8. The molecule has 0 radical (unpaired) electrons. The number of hydrogen-bond acceptors (Lipinski definition) is 0. The summed E-state index contributed by atoms with van der Waals surface area (Å²) in [6, 6.07) is 145. The quantitative estimate of drug-likeness (QED) is 0.115. The van der Waals surface area contributed by atoms with E-state index >= 15 is 0 Å². The van der Waals surface area contributed by atoms with E-state index in [4.69, 9.17) is 0 Å². The third-order valence-electron chi connectivity index (χ3n) is 25.9. The normalized spacial score (nSPS) is 13.2. The Bertz CT molecular complexity index is 7760. The van der Waals surface area contributed by atoms with Crippen LogP contribution < -0.4 is 0 Å². The van der Waals surface area contributed by atoms with Crippen molar-refractivity contribution in [2.24, 2.45) is 0 Å². The van der Waals surface area contributed by atoms with Crippen molar-refractivity contribution in [2.45, 2.75) is 38.5 Å². The summed E-state index contributed by atoms with van der Waals surface area (Å²) in [7, 11) is 0. The standard InChI is InChI=1S/2C57H38/c1-57(2)55-39(28-14-31-51(55)54-45-22-7-5-20-41(45)42-21-6-12-27-50(42)56(54)57)36-17-13-18-37(34-36)52-46-23-8-10-25-48(46)53(49-26-11-9-24-47(49)52)44-30-15-29-40-38-19-4-3-16-35(38)32-33-43(40)44;1-57(2)55-41(27-14-28-50(55)54-44-21-7-5-19-42(44)43-20-6-12-26-49(43)56(54)57)37-16-13-17-38(33-37)52-45-22-8-10-24-47(45)53(48-25-11-9-23-46(48)52)39-32-31-36-30-29-35-15-3-4-18-40(35)51(36)34-39/h2*3-34H,1-2H3. The Labute approximate surface area is 662 Å². The third kappa shape index (κ3) is 9.65. The van der Waals surface area contributed by atoms with Gasteiger partial charge < -0.3 is 0 Å². The fourth-order valence-corrected chi connectivity index (χ4v) is 21.3. The highest BCUT2D eigenvalue weighted by molar-refractivity contribution is 6.27. The van der Waals surface area contributed by atoms with E-state index in [2.05, 4.69) is 416 Å². The molecule has 0 aliphatic heterocycles. The minimum absolute atomic E-state index is 0.201. The van der Waals surface area contributed by atoms with Gasteiger partial charge in [0, 0.05) is 10.8 Å². The first-order chi connectivity index (χ1) is 56.1. The number of fused-ring (bicyclic) bond motifs is 26. The van der Waals surface area contributed by atoms with E-state index in [0.29, 0.717) is 0 Å². The van der Waals surface area contributed by atoms with Crippen molar-refractivity contribution < 1.29 is 0 Å². The van der Waals surface area contributed by atoms with Crippen LogP contribution in [0.25, 0.3) is 218 Å². The van der Waals surface area contributed by atoms with Gasteiger partial charge in [-0.2, -0.15) is 0 Å². The molecule has 0 heteroatoms. The van der Waals surface area contributed by atoms with Crippen molar-refractivity contribution in [2.75, 3.05) is 0 Å². The molecule has 0 fully saturated rings. The van der Waals surface area contributed by atoms with E-state index in [-0.39, 0.29) is 10.8 Å². The predicted octanol–water partition coefficient (Wildman–Crippen LogP) is 31.8. The molecule has 0 heterocycles. The summed E-state index contributed by atoms with van der Waals surface area (Å²) in [5, 5.41) is 31.1. The van der Waals surface area contributed by atoms with Gasteiger partial charge in [-0.05, 0) is 259 Å². The first-order valence-corrected chi connectivity index (χ1v) is 40.2. The SMILES string of the molecule is CC1(C)c2c(-c3cccc(-c4c5ccccc5c(-c5ccc6ccc7ccccc7c6c5)c5ccccc45)c3)cccc2-c2c1c1ccccc1c1ccccc21.CC1(C)c2c(-c3cccc(-c4c5ccccc5c(-c5cccc6c5ccc5ccccc56)c5ccccc45)c3)cccc2-c2c1c1ccccc1c1ccccc21. The van der Waals surface area contributed by atoms with E-state index in [9.17, 15) is 0 Å². The van der Waals surface area contributed by atoms with Crippen molar-refractivity contribution in [3.05, 3.63) is 411 Å². The lowest BCUT2D eigenvalue weighted by Crippen LogP contribution is -2.17. The van der Waals surface area contributed by atoms with Gasteiger partial charge in [-0.25, -0.2) is 0 Å². The van der Waals surface area contributed by atoms with Gasteiger partial charge in [0.15, 0.2) is 0 Å². The zero-order valence-corrected chi connectivity index (χ0v) is 64.0. The van der Waals surface area contributed by atoms with Crippen molar-refractivity contribution in [3.63, 3.8) is 0 Å². The molecule has 0 atom stereocenters. The molecule has 22 aromatic carbocycles. The molecular formula is C114H76. The maximum absolute atomic E-state index is 2.45. The Morgan fingerprint density at radius 1 is 0.132 bits per heavy atom. The average Bonchev–Trinajstić information content (AvgIpc) is 1.53. The number of rotatable bonds is 6. The third-order valence-corrected chi connectivity index (χ3v) is 25.9. The van der Waals surface area contributed by atoms with Crippen molar-refractivity contribution >= 4 is 129 Å². The average molecular weight is 1450 g/mol. The minimum atomic E-state index is -0.203. The van der Waals surface area contributed by atoms with Gasteiger partial charge in [0.2, 0.25) is 0 Å². The smallest absolute Gasteiger partial charge is 0.0171 e. The van der Waals surface area contributed by atoms with Crippen LogP contribution in [-0.4, -0.2) is 0 Å². The lowest BCUT2D eigenvalue weighted by molar-refractivity contribution is 0.668. The summed E-state index contributed by atoms with van der Waals surface area (Å²) in [5.41, 5.74) is 26.0. The van der Waals surface area contributed by atoms with Gasteiger partial charge in [-0.3, -0.25) is 0 Å². The molecule has 0 aromatic heterocycles. The Kier molecular flexibility index (Phi) is 14.6. The molecule has 114 heavy (non-hydrogen) atoms. The second-order valence-electron chi connectivity index (χ2n) is 32.6. The monoisotopic (exact) mass is 1440 g/mol. The molecule has 0 unspecified atom stereocenters. The molecule has 0 spiro atoms. The van der Waals surface area contributed by atoms with Crippen molar-refractivity contribution in [3.8, 4) is 89.0 Å². The maximum atomic E-state index is 2.45. The van der Waals surface area contributed by atoms with Crippen LogP contribution in [0.2, 0.25) is 0 Å².